The number of unbranched alkanes of at least 4 members (excludes halogenated alkanes) is 4. The average molecular weight is 449 g/mol. The van der Waals surface area contributed by atoms with Crippen LogP contribution in [0.5, 0.6) is 0 Å². The first-order chi connectivity index (χ1) is 15.4. The highest BCUT2D eigenvalue weighted by molar-refractivity contribution is 5.15. The third kappa shape index (κ3) is 6.97. The summed E-state index contributed by atoms with van der Waals surface area (Å²) in [6, 6.07) is 1.58. The van der Waals surface area contributed by atoms with Crippen LogP contribution in [0, 0.1) is 17.8 Å². The van der Waals surface area contributed by atoms with Gasteiger partial charge in [-0.15, -0.1) is 0 Å². The zero-order chi connectivity index (χ0) is 23.6. The molecular weight excluding hydrogens is 388 g/mol. The van der Waals surface area contributed by atoms with Crippen molar-refractivity contribution in [2.45, 2.75) is 155 Å². The minimum atomic E-state index is 0.444. The normalized spacial score (nSPS) is 30.1. The molecule has 2 rings (SSSR count). The molecule has 0 aromatic carbocycles. The molecule has 5 atom stereocenters. The van der Waals surface area contributed by atoms with Gasteiger partial charge in [0.25, 0.3) is 0 Å². The van der Waals surface area contributed by atoms with Gasteiger partial charge in [-0.1, -0.05) is 98.8 Å². The molecular formula is C30H60N2. The standard InChI is InChI=1S/C30H60N2/c1-8-12-13-14-17-22-31(6)30-21-16-15-18-28(23-25(5)9-2)32(7)29(30)24-27(30)20-19-26(10-3)11-4/h25-29H,8-24H2,1-7H3. The molecule has 0 radical (unpaired) electrons. The SMILES string of the molecule is CCCCCCCN(C)C12CCCCC(CC(C)CC)N(C)C1CC2CCC(CC)CC. The Hall–Kier alpha value is -0.0800. The Balaban J connectivity index is 2.15. The van der Waals surface area contributed by atoms with Gasteiger partial charge in [-0.3, -0.25) is 9.80 Å². The number of nitrogens with zero attached hydrogens (tertiary/aromatic N) is 2. The average Bonchev–Trinajstić information content (AvgIpc) is 2.78. The van der Waals surface area contributed by atoms with Gasteiger partial charge in [0.2, 0.25) is 0 Å². The van der Waals surface area contributed by atoms with Crippen LogP contribution < -0.4 is 0 Å². The fourth-order valence-electron chi connectivity index (χ4n) is 7.26. The van der Waals surface area contributed by atoms with Gasteiger partial charge in [0.05, 0.1) is 0 Å². The third-order valence-corrected chi connectivity index (χ3v) is 9.98. The maximum atomic E-state index is 2.90. The van der Waals surface area contributed by atoms with Gasteiger partial charge in [-0.05, 0) is 76.9 Å². The summed E-state index contributed by atoms with van der Waals surface area (Å²) >= 11 is 0. The van der Waals surface area contributed by atoms with Crippen molar-refractivity contribution in [1.29, 1.82) is 0 Å². The molecule has 190 valence electrons. The lowest BCUT2D eigenvalue weighted by Gasteiger charge is -2.65. The fraction of sp³-hybridized carbons (Fsp3) is 1.00. The molecule has 1 aliphatic carbocycles. The Kier molecular flexibility index (Phi) is 12.6. The van der Waals surface area contributed by atoms with Crippen LogP contribution >= 0.6 is 0 Å². The van der Waals surface area contributed by atoms with Crippen molar-refractivity contribution in [2.75, 3.05) is 20.6 Å². The third-order valence-electron chi connectivity index (χ3n) is 9.98. The highest BCUT2D eigenvalue weighted by atomic mass is 15.3. The summed E-state index contributed by atoms with van der Waals surface area (Å²) < 4.78 is 0. The first kappa shape index (κ1) is 28.2. The van der Waals surface area contributed by atoms with Crippen LogP contribution in [0.4, 0.5) is 0 Å². The summed E-state index contributed by atoms with van der Waals surface area (Å²) in [4.78, 5) is 5.79. The highest BCUT2D eigenvalue weighted by Crippen LogP contribution is 2.53. The molecule has 2 aliphatic rings. The molecule has 5 unspecified atom stereocenters. The zero-order valence-corrected chi connectivity index (χ0v) is 23.3. The number of likely N-dealkylation sites (N-methyl/N-ethyl adjacent to an activating group) is 2. The second-order valence-corrected chi connectivity index (χ2v) is 11.8. The van der Waals surface area contributed by atoms with E-state index in [-0.39, 0.29) is 0 Å². The van der Waals surface area contributed by atoms with Gasteiger partial charge >= 0.3 is 0 Å². The van der Waals surface area contributed by atoms with E-state index in [1.54, 1.807) is 0 Å². The number of rotatable bonds is 15. The molecule has 1 saturated carbocycles. The van der Waals surface area contributed by atoms with Gasteiger partial charge in [0.1, 0.15) is 0 Å². The molecule has 1 aliphatic heterocycles. The Morgan fingerprint density at radius 1 is 0.969 bits per heavy atom. The molecule has 0 amide bonds. The van der Waals surface area contributed by atoms with Crippen LogP contribution in [-0.2, 0) is 0 Å². The molecule has 0 bridgehead atoms. The Bertz CT molecular complexity index is 487. The minimum absolute atomic E-state index is 0.444. The van der Waals surface area contributed by atoms with E-state index in [2.05, 4.69) is 58.5 Å². The predicted molar refractivity (Wildman–Crippen MR) is 143 cm³/mol. The van der Waals surface area contributed by atoms with E-state index in [0.717, 1.165) is 29.8 Å². The monoisotopic (exact) mass is 448 g/mol. The van der Waals surface area contributed by atoms with Crippen molar-refractivity contribution in [3.05, 3.63) is 0 Å². The van der Waals surface area contributed by atoms with E-state index in [0.29, 0.717) is 5.54 Å². The Labute approximate surface area is 203 Å². The number of fused-ring (bicyclic) bond motifs is 1. The van der Waals surface area contributed by atoms with Gasteiger partial charge in [0, 0.05) is 17.6 Å². The summed E-state index contributed by atoms with van der Waals surface area (Å²) in [6.45, 7) is 13.3. The zero-order valence-electron chi connectivity index (χ0n) is 23.3. The molecule has 0 spiro atoms. The van der Waals surface area contributed by atoms with Crippen LogP contribution in [0.3, 0.4) is 0 Å². The van der Waals surface area contributed by atoms with E-state index in [9.17, 15) is 0 Å². The lowest BCUT2D eigenvalue weighted by molar-refractivity contribution is -0.136. The van der Waals surface area contributed by atoms with E-state index < -0.39 is 0 Å². The molecule has 0 aromatic heterocycles. The Morgan fingerprint density at radius 3 is 2.34 bits per heavy atom. The molecule has 1 saturated heterocycles. The van der Waals surface area contributed by atoms with Crippen LogP contribution in [0.25, 0.3) is 0 Å². The van der Waals surface area contributed by atoms with Crippen LogP contribution in [0.15, 0.2) is 0 Å². The van der Waals surface area contributed by atoms with Crippen molar-refractivity contribution in [3.63, 3.8) is 0 Å². The van der Waals surface area contributed by atoms with Crippen molar-refractivity contribution < 1.29 is 0 Å². The van der Waals surface area contributed by atoms with E-state index in [1.807, 2.05) is 0 Å². The molecule has 1 heterocycles. The quantitative estimate of drug-likeness (QED) is 0.231. The molecule has 0 N–H and O–H groups in total. The van der Waals surface area contributed by atoms with Crippen molar-refractivity contribution >= 4 is 0 Å². The first-order valence-corrected chi connectivity index (χ1v) is 14.9. The smallest absolute Gasteiger partial charge is 0.0390 e. The minimum Gasteiger partial charge on any atom is -0.299 e. The van der Waals surface area contributed by atoms with Crippen molar-refractivity contribution in [3.8, 4) is 0 Å². The lowest BCUT2D eigenvalue weighted by Crippen LogP contribution is -2.74. The van der Waals surface area contributed by atoms with Crippen molar-refractivity contribution in [1.82, 2.24) is 9.80 Å². The van der Waals surface area contributed by atoms with Crippen LogP contribution in [0.2, 0.25) is 0 Å². The number of hydrogen-bond acceptors (Lipinski definition) is 2. The molecule has 0 aromatic rings. The van der Waals surface area contributed by atoms with Gasteiger partial charge in [-0.25, -0.2) is 0 Å². The van der Waals surface area contributed by atoms with E-state index in [4.69, 9.17) is 0 Å². The molecule has 2 fully saturated rings. The summed E-state index contributed by atoms with van der Waals surface area (Å²) in [5, 5.41) is 0. The fourth-order valence-corrected chi connectivity index (χ4v) is 7.26. The van der Waals surface area contributed by atoms with Gasteiger partial charge < -0.3 is 0 Å². The van der Waals surface area contributed by atoms with Crippen LogP contribution in [-0.4, -0.2) is 48.1 Å². The second kappa shape index (κ2) is 14.3. The number of likely N-dealkylation sites (tertiary alicyclic amines) is 1. The second-order valence-electron chi connectivity index (χ2n) is 11.8. The maximum Gasteiger partial charge on any atom is 0.0390 e. The molecule has 2 heteroatoms. The van der Waals surface area contributed by atoms with Crippen LogP contribution in [0.1, 0.15) is 137 Å². The molecule has 32 heavy (non-hydrogen) atoms. The summed E-state index contributed by atoms with van der Waals surface area (Å²) in [6.07, 6.45) is 22.6. The van der Waals surface area contributed by atoms with Gasteiger partial charge in [-0.2, -0.15) is 0 Å². The van der Waals surface area contributed by atoms with Gasteiger partial charge in [0.15, 0.2) is 0 Å². The number of hydrogen-bond donors (Lipinski definition) is 0. The van der Waals surface area contributed by atoms with Crippen molar-refractivity contribution in [2.24, 2.45) is 17.8 Å². The topological polar surface area (TPSA) is 6.48 Å². The first-order valence-electron chi connectivity index (χ1n) is 14.9. The van der Waals surface area contributed by atoms with E-state index >= 15 is 0 Å². The maximum absolute atomic E-state index is 2.90. The summed E-state index contributed by atoms with van der Waals surface area (Å²) in [5.74, 6) is 2.71. The summed E-state index contributed by atoms with van der Waals surface area (Å²) in [5.41, 5.74) is 0.444. The summed E-state index contributed by atoms with van der Waals surface area (Å²) in [7, 11) is 5.01. The lowest BCUT2D eigenvalue weighted by atomic mass is 9.56. The Morgan fingerprint density at radius 2 is 1.69 bits per heavy atom. The largest absolute Gasteiger partial charge is 0.299 e. The predicted octanol–water partition coefficient (Wildman–Crippen LogP) is 8.54. The molecule has 2 nitrogen and oxygen atoms in total. The highest BCUT2D eigenvalue weighted by Gasteiger charge is 2.58. The van der Waals surface area contributed by atoms with E-state index in [1.165, 1.54) is 109 Å².